The summed E-state index contributed by atoms with van der Waals surface area (Å²) in [7, 11) is 4.99. The Morgan fingerprint density at radius 3 is 2.71 bits per heavy atom. The third kappa shape index (κ3) is 3.83. The van der Waals surface area contributed by atoms with E-state index in [0.29, 0.717) is 23.2 Å². The van der Waals surface area contributed by atoms with Crippen LogP contribution in [-0.4, -0.2) is 62.8 Å². The number of carbonyl (C=O) groups is 1. The zero-order valence-corrected chi connectivity index (χ0v) is 19.8. The van der Waals surface area contributed by atoms with Crippen LogP contribution < -0.4 is 15.4 Å². The van der Waals surface area contributed by atoms with Crippen LogP contribution in [0.1, 0.15) is 43.1 Å². The minimum Gasteiger partial charge on any atom is -0.479 e. The number of imidazole rings is 1. The Labute approximate surface area is 197 Å². The molecule has 178 valence electrons. The molecule has 0 bridgehead atoms. The van der Waals surface area contributed by atoms with Gasteiger partial charge in [-0.1, -0.05) is 0 Å². The van der Waals surface area contributed by atoms with Gasteiger partial charge in [0.05, 0.1) is 18.9 Å². The molecule has 5 rings (SSSR count). The predicted molar refractivity (Wildman–Crippen MR) is 128 cm³/mol. The molecule has 4 aromatic heterocycles. The van der Waals surface area contributed by atoms with Gasteiger partial charge in [0.15, 0.2) is 0 Å². The third-order valence-electron chi connectivity index (χ3n) is 6.82. The fourth-order valence-corrected chi connectivity index (χ4v) is 4.62. The number of amides is 1. The molecule has 0 radical (unpaired) electrons. The topological polar surface area (TPSA) is 107 Å². The van der Waals surface area contributed by atoms with Crippen molar-refractivity contribution in [2.75, 3.05) is 26.6 Å². The largest absolute Gasteiger partial charge is 0.479 e. The van der Waals surface area contributed by atoms with E-state index in [-0.39, 0.29) is 17.6 Å². The fraction of sp³-hybridized carbons (Fsp3) is 0.417. The van der Waals surface area contributed by atoms with Gasteiger partial charge in [0, 0.05) is 43.7 Å². The molecular weight excluding hydrogens is 434 g/mol. The normalized spacial score (nSPS) is 20.5. The summed E-state index contributed by atoms with van der Waals surface area (Å²) in [4.78, 5) is 21.2. The Morgan fingerprint density at radius 2 is 2.00 bits per heavy atom. The van der Waals surface area contributed by atoms with E-state index in [1.165, 1.54) is 0 Å². The molecule has 1 fully saturated rings. The van der Waals surface area contributed by atoms with Crippen molar-refractivity contribution in [1.29, 1.82) is 0 Å². The summed E-state index contributed by atoms with van der Waals surface area (Å²) in [6.45, 7) is 2.16. The van der Waals surface area contributed by atoms with E-state index in [1.807, 2.05) is 30.6 Å². The first-order valence-electron chi connectivity index (χ1n) is 11.4. The molecular formula is C24H29N7O3. The summed E-state index contributed by atoms with van der Waals surface area (Å²) in [5, 5.41) is 10.8. The van der Waals surface area contributed by atoms with Crippen molar-refractivity contribution in [2.24, 2.45) is 0 Å². The van der Waals surface area contributed by atoms with E-state index in [4.69, 9.17) is 14.6 Å². The van der Waals surface area contributed by atoms with E-state index in [1.54, 1.807) is 36.4 Å². The molecule has 0 spiro atoms. The van der Waals surface area contributed by atoms with Gasteiger partial charge >= 0.3 is 0 Å². The number of hydrogen-bond donors (Lipinski definition) is 2. The molecule has 10 heteroatoms. The number of anilines is 1. The van der Waals surface area contributed by atoms with E-state index in [0.717, 1.165) is 42.3 Å². The predicted octanol–water partition coefficient (Wildman–Crippen LogP) is 3.17. The second-order valence-electron chi connectivity index (χ2n) is 8.91. The molecule has 1 aliphatic rings. The minimum atomic E-state index is -0.198. The number of pyridine rings is 1. The lowest BCUT2D eigenvalue weighted by Gasteiger charge is -2.36. The lowest BCUT2D eigenvalue weighted by atomic mass is 9.83. The standard InChI is InChI=1S/C24H29N7O3/c1-24(34-4)10-7-16(8-11-24)27-23-28-22(33-3)20-17(9-12-31(20)29-23)15-5-6-19-26-13-18(21(32)25-2)30(19)14-15/h5-6,9,12-14,16H,7-8,10-11H2,1-4H3,(H,25,32)(H,27,29). The van der Waals surface area contributed by atoms with Crippen LogP contribution in [0.2, 0.25) is 0 Å². The summed E-state index contributed by atoms with van der Waals surface area (Å²) < 4.78 is 14.9. The SMILES string of the molecule is CNC(=O)c1cnc2ccc(-c3ccn4nc(NC5CCC(C)(OC)CC5)nc(OC)c34)cn12. The number of rotatable bonds is 6. The van der Waals surface area contributed by atoms with Gasteiger partial charge in [0.25, 0.3) is 5.91 Å². The molecule has 2 N–H and O–H groups in total. The summed E-state index contributed by atoms with van der Waals surface area (Å²) in [6.07, 6.45) is 9.31. The highest BCUT2D eigenvalue weighted by Crippen LogP contribution is 2.34. The van der Waals surface area contributed by atoms with Crippen molar-refractivity contribution in [3.8, 4) is 17.0 Å². The second-order valence-corrected chi connectivity index (χ2v) is 8.91. The van der Waals surface area contributed by atoms with Crippen LogP contribution >= 0.6 is 0 Å². The first-order chi connectivity index (χ1) is 16.4. The van der Waals surface area contributed by atoms with Crippen LogP contribution in [0.25, 0.3) is 22.3 Å². The maximum Gasteiger partial charge on any atom is 0.269 e. The average Bonchev–Trinajstić information content (AvgIpc) is 3.48. The molecule has 4 heterocycles. The minimum absolute atomic E-state index is 0.0516. The maximum absolute atomic E-state index is 12.2. The lowest BCUT2D eigenvalue weighted by Crippen LogP contribution is -2.37. The first kappa shape index (κ1) is 22.1. The van der Waals surface area contributed by atoms with Crippen LogP contribution in [0, 0.1) is 0 Å². The molecule has 0 atom stereocenters. The van der Waals surface area contributed by atoms with Gasteiger partial charge in [-0.15, -0.1) is 5.10 Å². The van der Waals surface area contributed by atoms with Gasteiger partial charge in [0.1, 0.15) is 16.9 Å². The summed E-state index contributed by atoms with van der Waals surface area (Å²) in [5.41, 5.74) is 3.66. The van der Waals surface area contributed by atoms with Gasteiger partial charge in [-0.25, -0.2) is 9.50 Å². The highest BCUT2D eigenvalue weighted by molar-refractivity contribution is 5.93. The number of fused-ring (bicyclic) bond motifs is 2. The molecule has 0 saturated heterocycles. The molecule has 10 nitrogen and oxygen atoms in total. The van der Waals surface area contributed by atoms with E-state index < -0.39 is 0 Å². The Bertz CT molecular complexity index is 1350. The molecule has 1 amide bonds. The molecule has 1 aliphatic carbocycles. The van der Waals surface area contributed by atoms with Gasteiger partial charge in [-0.2, -0.15) is 4.98 Å². The molecule has 0 aliphatic heterocycles. The first-order valence-corrected chi connectivity index (χ1v) is 11.4. The molecule has 34 heavy (non-hydrogen) atoms. The van der Waals surface area contributed by atoms with E-state index >= 15 is 0 Å². The van der Waals surface area contributed by atoms with E-state index in [9.17, 15) is 4.79 Å². The van der Waals surface area contributed by atoms with Crippen LogP contribution in [-0.2, 0) is 4.74 Å². The highest BCUT2D eigenvalue weighted by atomic mass is 16.5. The number of aromatic nitrogens is 5. The van der Waals surface area contributed by atoms with Crippen molar-refractivity contribution in [2.45, 2.75) is 44.2 Å². The highest BCUT2D eigenvalue weighted by Gasteiger charge is 2.31. The van der Waals surface area contributed by atoms with Crippen molar-refractivity contribution >= 4 is 23.0 Å². The zero-order chi connectivity index (χ0) is 23.9. The third-order valence-corrected chi connectivity index (χ3v) is 6.82. The maximum atomic E-state index is 12.2. The fourth-order valence-electron chi connectivity index (χ4n) is 4.62. The molecule has 0 aromatic carbocycles. The number of ether oxygens (including phenoxy) is 2. The van der Waals surface area contributed by atoms with Gasteiger partial charge < -0.3 is 20.1 Å². The van der Waals surface area contributed by atoms with Gasteiger partial charge in [0.2, 0.25) is 11.8 Å². The molecule has 1 saturated carbocycles. The Balaban J connectivity index is 1.48. The van der Waals surface area contributed by atoms with Crippen molar-refractivity contribution in [3.63, 3.8) is 0 Å². The number of nitrogens with one attached hydrogen (secondary N) is 2. The van der Waals surface area contributed by atoms with Crippen molar-refractivity contribution in [1.82, 2.24) is 29.3 Å². The number of methoxy groups -OCH3 is 2. The van der Waals surface area contributed by atoms with Crippen LogP contribution in [0.3, 0.4) is 0 Å². The van der Waals surface area contributed by atoms with Crippen LogP contribution in [0.5, 0.6) is 5.88 Å². The van der Waals surface area contributed by atoms with Crippen LogP contribution in [0.4, 0.5) is 5.95 Å². The lowest BCUT2D eigenvalue weighted by molar-refractivity contribution is -0.0253. The Kier molecular flexibility index (Phi) is 5.60. The second kappa shape index (κ2) is 8.60. The number of hydrogen-bond acceptors (Lipinski definition) is 7. The smallest absolute Gasteiger partial charge is 0.269 e. The average molecular weight is 464 g/mol. The Hall–Kier alpha value is -3.66. The number of nitrogens with zero attached hydrogens (tertiary/aromatic N) is 5. The summed E-state index contributed by atoms with van der Waals surface area (Å²) in [5.74, 6) is 0.813. The van der Waals surface area contributed by atoms with Crippen molar-refractivity contribution < 1.29 is 14.3 Å². The zero-order valence-electron chi connectivity index (χ0n) is 19.8. The molecule has 0 unspecified atom stereocenters. The van der Waals surface area contributed by atoms with Crippen molar-refractivity contribution in [3.05, 3.63) is 42.5 Å². The van der Waals surface area contributed by atoms with E-state index in [2.05, 4.69) is 27.5 Å². The quantitative estimate of drug-likeness (QED) is 0.452. The summed E-state index contributed by atoms with van der Waals surface area (Å²) in [6, 6.07) is 6.10. The van der Waals surface area contributed by atoms with Gasteiger partial charge in [-0.3, -0.25) is 9.20 Å². The Morgan fingerprint density at radius 1 is 1.21 bits per heavy atom. The summed E-state index contributed by atoms with van der Waals surface area (Å²) >= 11 is 0. The molecule has 4 aromatic rings. The number of carbonyl (C=O) groups excluding carboxylic acids is 1. The monoisotopic (exact) mass is 463 g/mol. The van der Waals surface area contributed by atoms with Crippen LogP contribution in [0.15, 0.2) is 36.8 Å². The van der Waals surface area contributed by atoms with Gasteiger partial charge in [-0.05, 0) is 50.8 Å².